The molecule has 0 saturated heterocycles. The topological polar surface area (TPSA) is 67.5 Å². The van der Waals surface area contributed by atoms with Crippen LogP contribution in [0.15, 0.2) is 57.7 Å². The summed E-state index contributed by atoms with van der Waals surface area (Å²) in [5.74, 6) is -1.41. The normalized spacial score (nSPS) is 12.3. The van der Waals surface area contributed by atoms with Crippen molar-refractivity contribution in [2.75, 3.05) is 0 Å². The molecule has 2 aromatic carbocycles. The van der Waals surface area contributed by atoms with Crippen molar-refractivity contribution in [1.82, 2.24) is 0 Å². The molecule has 23 heavy (non-hydrogen) atoms. The maximum Gasteiger partial charge on any atom is 0.344 e. The Kier molecular flexibility index (Phi) is 3.92. The van der Waals surface area contributed by atoms with Gasteiger partial charge in [-0.1, -0.05) is 35.9 Å². The van der Waals surface area contributed by atoms with Crippen molar-refractivity contribution in [3.63, 3.8) is 0 Å². The number of para-hydroxylation sites is 1. The smallest absolute Gasteiger partial charge is 0.344 e. The number of ketones is 1. The lowest BCUT2D eigenvalue weighted by molar-refractivity contribution is -0.117. The fraction of sp³-hybridized carbons (Fsp3) is 0.111. The van der Waals surface area contributed by atoms with Crippen LogP contribution in [-0.4, -0.2) is 10.9 Å². The molecule has 1 heterocycles. The third-order valence-corrected chi connectivity index (χ3v) is 3.97. The van der Waals surface area contributed by atoms with Gasteiger partial charge in [0.25, 0.3) is 0 Å². The van der Waals surface area contributed by atoms with Crippen LogP contribution in [0.25, 0.3) is 11.0 Å². The van der Waals surface area contributed by atoms with Crippen molar-refractivity contribution in [2.45, 2.75) is 12.8 Å². The van der Waals surface area contributed by atoms with Gasteiger partial charge in [0.15, 0.2) is 0 Å². The first-order valence-electron chi connectivity index (χ1n) is 6.99. The minimum Gasteiger partial charge on any atom is -0.507 e. The Bertz CT molecular complexity index is 941. The Balaban J connectivity index is 2.29. The molecule has 116 valence electrons. The van der Waals surface area contributed by atoms with Gasteiger partial charge in [-0.05, 0) is 36.8 Å². The van der Waals surface area contributed by atoms with Crippen molar-refractivity contribution in [1.29, 1.82) is 0 Å². The first kappa shape index (κ1) is 15.3. The molecule has 4 nitrogen and oxygen atoms in total. The first-order valence-corrected chi connectivity index (χ1v) is 7.37. The summed E-state index contributed by atoms with van der Waals surface area (Å²) < 4.78 is 5.26. The number of hydrogen-bond donors (Lipinski definition) is 1. The van der Waals surface area contributed by atoms with Crippen LogP contribution in [0.5, 0.6) is 5.75 Å². The molecule has 3 aromatic rings. The van der Waals surface area contributed by atoms with Crippen LogP contribution in [0.3, 0.4) is 0 Å². The largest absolute Gasteiger partial charge is 0.507 e. The molecule has 0 radical (unpaired) electrons. The zero-order valence-corrected chi connectivity index (χ0v) is 13.0. The number of fused-ring (bicyclic) bond motifs is 1. The summed E-state index contributed by atoms with van der Waals surface area (Å²) in [6, 6.07) is 13.2. The van der Waals surface area contributed by atoms with Gasteiger partial charge in [-0.25, -0.2) is 4.79 Å². The summed E-state index contributed by atoms with van der Waals surface area (Å²) in [5.41, 5.74) is 0.0619. The average Bonchev–Trinajstić information content (AvgIpc) is 2.52. The van der Waals surface area contributed by atoms with Crippen LogP contribution in [0.4, 0.5) is 0 Å². The van der Waals surface area contributed by atoms with E-state index < -0.39 is 11.5 Å². The van der Waals surface area contributed by atoms with Crippen molar-refractivity contribution in [3.05, 3.63) is 75.1 Å². The predicted octanol–water partition coefficient (Wildman–Crippen LogP) is 3.87. The molecule has 1 atom stereocenters. The fourth-order valence-electron chi connectivity index (χ4n) is 2.66. The maximum atomic E-state index is 12.3. The molecule has 3 rings (SSSR count). The number of rotatable bonds is 3. The third kappa shape index (κ3) is 2.73. The summed E-state index contributed by atoms with van der Waals surface area (Å²) in [5, 5.41) is 11.4. The Morgan fingerprint density at radius 2 is 1.78 bits per heavy atom. The minimum absolute atomic E-state index is 0.0569. The minimum atomic E-state index is -0.909. The highest BCUT2D eigenvalue weighted by Gasteiger charge is 2.28. The van der Waals surface area contributed by atoms with Crippen molar-refractivity contribution in [3.8, 4) is 5.75 Å². The summed E-state index contributed by atoms with van der Waals surface area (Å²) >= 11 is 5.87. The van der Waals surface area contributed by atoms with Crippen LogP contribution >= 0.6 is 11.6 Å². The van der Waals surface area contributed by atoms with Gasteiger partial charge < -0.3 is 9.52 Å². The maximum absolute atomic E-state index is 12.3. The number of halogens is 1. The van der Waals surface area contributed by atoms with Crippen LogP contribution in [0.1, 0.15) is 24.0 Å². The fourth-order valence-corrected chi connectivity index (χ4v) is 2.79. The molecule has 0 unspecified atom stereocenters. The van der Waals surface area contributed by atoms with E-state index in [0.29, 0.717) is 16.0 Å². The van der Waals surface area contributed by atoms with Crippen LogP contribution in [0, 0.1) is 0 Å². The van der Waals surface area contributed by atoms with Gasteiger partial charge in [-0.15, -0.1) is 0 Å². The highest BCUT2D eigenvalue weighted by molar-refractivity contribution is 6.30. The number of hydrogen-bond acceptors (Lipinski definition) is 4. The Morgan fingerprint density at radius 3 is 2.43 bits per heavy atom. The van der Waals surface area contributed by atoms with E-state index in [1.165, 1.54) is 6.92 Å². The summed E-state index contributed by atoms with van der Waals surface area (Å²) in [6.07, 6.45) is 0. The lowest BCUT2D eigenvalue weighted by Gasteiger charge is -2.16. The second-order valence-electron chi connectivity index (χ2n) is 5.24. The van der Waals surface area contributed by atoms with E-state index in [9.17, 15) is 14.7 Å². The zero-order valence-electron chi connectivity index (χ0n) is 12.2. The highest BCUT2D eigenvalue weighted by atomic mass is 35.5. The predicted molar refractivity (Wildman–Crippen MR) is 88.1 cm³/mol. The molecule has 0 aliphatic carbocycles. The van der Waals surface area contributed by atoms with E-state index in [1.807, 2.05) is 0 Å². The summed E-state index contributed by atoms with van der Waals surface area (Å²) in [4.78, 5) is 24.5. The molecule has 1 N–H and O–H groups in total. The summed E-state index contributed by atoms with van der Waals surface area (Å²) in [6.45, 7) is 1.37. The van der Waals surface area contributed by atoms with E-state index in [-0.39, 0.29) is 22.7 Å². The SMILES string of the molecule is CC(=O)[C@@H](c1ccc(Cl)cc1)c1c(O)c2ccccc2oc1=O. The lowest BCUT2D eigenvalue weighted by Crippen LogP contribution is -2.19. The van der Waals surface area contributed by atoms with Crippen molar-refractivity contribution in [2.24, 2.45) is 0 Å². The molecule has 0 fully saturated rings. The molecule has 0 aliphatic heterocycles. The number of benzene rings is 2. The van der Waals surface area contributed by atoms with E-state index in [1.54, 1.807) is 48.5 Å². The molecular formula is C18H13ClO4. The number of carbonyl (C=O) groups excluding carboxylic acids is 1. The summed E-state index contributed by atoms with van der Waals surface area (Å²) in [7, 11) is 0. The van der Waals surface area contributed by atoms with E-state index in [4.69, 9.17) is 16.0 Å². The van der Waals surface area contributed by atoms with Crippen molar-refractivity contribution < 1.29 is 14.3 Å². The molecule has 0 aliphatic rings. The molecule has 0 bridgehead atoms. The van der Waals surface area contributed by atoms with Gasteiger partial charge in [0.1, 0.15) is 17.1 Å². The Labute approximate surface area is 136 Å². The van der Waals surface area contributed by atoms with Gasteiger partial charge >= 0.3 is 5.63 Å². The van der Waals surface area contributed by atoms with Gasteiger partial charge in [0.2, 0.25) is 0 Å². The van der Waals surface area contributed by atoms with Gasteiger partial charge in [0.05, 0.1) is 16.9 Å². The Morgan fingerprint density at radius 1 is 1.13 bits per heavy atom. The lowest BCUT2D eigenvalue weighted by atomic mass is 9.88. The molecule has 0 saturated carbocycles. The van der Waals surface area contributed by atoms with Crippen molar-refractivity contribution >= 4 is 28.4 Å². The van der Waals surface area contributed by atoms with Gasteiger partial charge in [-0.2, -0.15) is 0 Å². The van der Waals surface area contributed by atoms with Crippen LogP contribution in [0.2, 0.25) is 5.02 Å². The molecule has 5 heteroatoms. The Hall–Kier alpha value is -2.59. The van der Waals surface area contributed by atoms with E-state index in [0.717, 1.165) is 0 Å². The highest BCUT2D eigenvalue weighted by Crippen LogP contribution is 2.34. The third-order valence-electron chi connectivity index (χ3n) is 3.72. The quantitative estimate of drug-likeness (QED) is 0.741. The number of aromatic hydroxyl groups is 1. The number of carbonyl (C=O) groups is 1. The molecule has 0 amide bonds. The van der Waals surface area contributed by atoms with Crippen LogP contribution in [-0.2, 0) is 4.79 Å². The van der Waals surface area contributed by atoms with E-state index in [2.05, 4.69) is 0 Å². The second-order valence-corrected chi connectivity index (χ2v) is 5.68. The molecular weight excluding hydrogens is 316 g/mol. The standard InChI is InChI=1S/C18H13ClO4/c1-10(20)15(11-6-8-12(19)9-7-11)16-17(21)13-4-2-3-5-14(13)23-18(16)22/h2-9,15,21H,1H3/t15-/m0/s1. The average molecular weight is 329 g/mol. The van der Waals surface area contributed by atoms with Gasteiger partial charge in [0, 0.05) is 5.02 Å². The molecule has 1 aromatic heterocycles. The second kappa shape index (κ2) is 5.89. The monoisotopic (exact) mass is 328 g/mol. The first-order chi connectivity index (χ1) is 11.0. The number of Topliss-reactive ketones (excluding diaryl/α,β-unsaturated/α-hetero) is 1. The zero-order chi connectivity index (χ0) is 16.6. The van der Waals surface area contributed by atoms with Gasteiger partial charge in [-0.3, -0.25) is 4.79 Å². The van der Waals surface area contributed by atoms with E-state index >= 15 is 0 Å². The van der Waals surface area contributed by atoms with Crippen LogP contribution < -0.4 is 5.63 Å². The molecule has 0 spiro atoms.